The van der Waals surface area contributed by atoms with Crippen LogP contribution in [0, 0.1) is 0 Å². The fraction of sp³-hybridized carbons (Fsp3) is 0.611. The first-order chi connectivity index (χ1) is 11.6. The summed E-state index contributed by atoms with van der Waals surface area (Å²) in [6.45, 7) is 5.44. The van der Waals surface area contributed by atoms with Crippen molar-refractivity contribution in [1.82, 2.24) is 0 Å². The molecule has 136 valence electrons. The minimum Gasteiger partial charge on any atom is -0.465 e. The van der Waals surface area contributed by atoms with Crippen LogP contribution in [0.4, 0.5) is 0 Å². The van der Waals surface area contributed by atoms with Gasteiger partial charge >= 0.3 is 5.97 Å². The van der Waals surface area contributed by atoms with Gasteiger partial charge in [-0.05, 0) is 67.5 Å². The third-order valence-corrected chi connectivity index (χ3v) is 6.29. The summed E-state index contributed by atoms with van der Waals surface area (Å²) < 4.78 is 5.02. The molecule has 4 nitrogen and oxygen atoms in total. The molecule has 0 saturated heterocycles. The highest BCUT2D eigenvalue weighted by molar-refractivity contribution is 8.00. The molecule has 0 heterocycles. The summed E-state index contributed by atoms with van der Waals surface area (Å²) in [6, 6.07) is 1.98. The molecule has 0 bridgehead atoms. The average Bonchev–Trinajstić information content (AvgIpc) is 2.59. The lowest BCUT2D eigenvalue weighted by Crippen LogP contribution is -2.14. The van der Waals surface area contributed by atoms with Crippen LogP contribution in [0.1, 0.15) is 48.2 Å². The second-order valence-corrected chi connectivity index (χ2v) is 7.70. The first-order valence-electron chi connectivity index (χ1n) is 8.57. The zero-order valence-corrected chi connectivity index (χ0v) is 16.7. The zero-order chi connectivity index (χ0) is 17.9. The molecule has 0 aromatic heterocycles. The predicted octanol–water partition coefficient (Wildman–Crippen LogP) is 3.48. The van der Waals surface area contributed by atoms with E-state index in [0.717, 1.165) is 47.6 Å². The maximum absolute atomic E-state index is 12.3. The van der Waals surface area contributed by atoms with Gasteiger partial charge in [0.05, 0.1) is 12.7 Å². The highest BCUT2D eigenvalue weighted by Gasteiger charge is 2.22. The Labute approximate surface area is 154 Å². The van der Waals surface area contributed by atoms with E-state index in [9.17, 15) is 4.79 Å². The van der Waals surface area contributed by atoms with Crippen LogP contribution in [0.5, 0.6) is 0 Å². The highest BCUT2D eigenvalue weighted by Crippen LogP contribution is 2.38. The van der Waals surface area contributed by atoms with Crippen molar-refractivity contribution in [3.8, 4) is 0 Å². The van der Waals surface area contributed by atoms with Gasteiger partial charge in [-0.15, -0.1) is 23.5 Å². The van der Waals surface area contributed by atoms with Crippen molar-refractivity contribution in [1.29, 1.82) is 0 Å². The van der Waals surface area contributed by atoms with Gasteiger partial charge in [-0.3, -0.25) is 0 Å². The Morgan fingerprint density at radius 3 is 2.12 bits per heavy atom. The monoisotopic (exact) mass is 370 g/mol. The zero-order valence-electron chi connectivity index (χ0n) is 15.0. The Morgan fingerprint density at radius 2 is 1.62 bits per heavy atom. The van der Waals surface area contributed by atoms with E-state index >= 15 is 0 Å². The van der Waals surface area contributed by atoms with E-state index < -0.39 is 0 Å². The van der Waals surface area contributed by atoms with E-state index in [1.807, 2.05) is 17.8 Å². The van der Waals surface area contributed by atoms with Gasteiger partial charge in [-0.1, -0.05) is 13.8 Å². The largest absolute Gasteiger partial charge is 0.465 e. The van der Waals surface area contributed by atoms with Gasteiger partial charge in [0.25, 0.3) is 0 Å². The first-order valence-corrected chi connectivity index (χ1v) is 10.5. The number of ether oxygens (including phenoxy) is 1. The maximum Gasteiger partial charge on any atom is 0.339 e. The van der Waals surface area contributed by atoms with Gasteiger partial charge in [0.2, 0.25) is 0 Å². The molecule has 1 aromatic carbocycles. The Morgan fingerprint density at radius 1 is 1.04 bits per heavy atom. The predicted molar refractivity (Wildman–Crippen MR) is 105 cm³/mol. The minimum atomic E-state index is -0.280. The smallest absolute Gasteiger partial charge is 0.339 e. The van der Waals surface area contributed by atoms with E-state index in [1.165, 1.54) is 17.6 Å². The Hall–Kier alpha value is -0.690. The van der Waals surface area contributed by atoms with E-state index in [-0.39, 0.29) is 5.97 Å². The highest BCUT2D eigenvalue weighted by atomic mass is 32.2. The third kappa shape index (κ3) is 5.69. The number of esters is 1. The molecule has 24 heavy (non-hydrogen) atoms. The normalized spacial score (nSPS) is 10.9. The number of thioether (sulfide) groups is 2. The number of carbonyl (C=O) groups is 1. The lowest BCUT2D eigenvalue weighted by atomic mass is 10.0. The molecule has 0 aliphatic carbocycles. The Balaban J connectivity index is 3.54. The van der Waals surface area contributed by atoms with Crippen molar-refractivity contribution < 1.29 is 9.53 Å². The topological polar surface area (TPSA) is 78.3 Å². The van der Waals surface area contributed by atoms with Gasteiger partial charge in [0.15, 0.2) is 0 Å². The molecule has 0 radical (unpaired) electrons. The van der Waals surface area contributed by atoms with Gasteiger partial charge in [-0.2, -0.15) is 0 Å². The minimum absolute atomic E-state index is 0.280. The van der Waals surface area contributed by atoms with E-state index in [4.69, 9.17) is 16.2 Å². The number of nitrogens with two attached hydrogens (primary N) is 2. The van der Waals surface area contributed by atoms with Crippen LogP contribution < -0.4 is 11.5 Å². The summed E-state index contributed by atoms with van der Waals surface area (Å²) >= 11 is 3.58. The summed E-state index contributed by atoms with van der Waals surface area (Å²) in [5.41, 5.74) is 14.7. The first kappa shape index (κ1) is 21.4. The second kappa shape index (κ2) is 11.8. The number of carbonyl (C=O) groups excluding carboxylic acids is 1. The van der Waals surface area contributed by atoms with Crippen LogP contribution in [0.15, 0.2) is 15.9 Å². The number of rotatable bonds is 11. The molecule has 4 N–H and O–H groups in total. The fourth-order valence-electron chi connectivity index (χ4n) is 2.49. The summed E-state index contributed by atoms with van der Waals surface area (Å²) in [7, 11) is 1.43. The third-order valence-electron chi connectivity index (χ3n) is 3.52. The molecular weight excluding hydrogens is 340 g/mol. The van der Waals surface area contributed by atoms with E-state index in [1.54, 1.807) is 11.8 Å². The maximum atomic E-state index is 12.3. The summed E-state index contributed by atoms with van der Waals surface area (Å²) in [6.07, 6.45) is 3.67. The summed E-state index contributed by atoms with van der Waals surface area (Å²) in [5, 5.41) is 0. The molecule has 0 spiro atoms. The van der Waals surface area contributed by atoms with Crippen molar-refractivity contribution in [2.45, 2.75) is 49.3 Å². The van der Waals surface area contributed by atoms with Crippen molar-refractivity contribution in [3.63, 3.8) is 0 Å². The summed E-state index contributed by atoms with van der Waals surface area (Å²) in [4.78, 5) is 14.6. The molecular formula is C18H30N2O2S2. The van der Waals surface area contributed by atoms with Gasteiger partial charge < -0.3 is 16.2 Å². The van der Waals surface area contributed by atoms with Crippen molar-refractivity contribution in [3.05, 3.63) is 22.8 Å². The van der Waals surface area contributed by atoms with Crippen LogP contribution >= 0.6 is 23.5 Å². The molecule has 0 saturated carbocycles. The number of hydrogen-bond donors (Lipinski definition) is 2. The fourth-order valence-corrected chi connectivity index (χ4v) is 4.77. The molecule has 0 atom stereocenters. The lowest BCUT2D eigenvalue weighted by Gasteiger charge is -2.21. The van der Waals surface area contributed by atoms with Crippen LogP contribution in [-0.2, 0) is 17.6 Å². The molecule has 0 unspecified atom stereocenters. The molecule has 0 fully saturated rings. The SMILES string of the molecule is CCCSc1c(CCN)cc(C(=O)OC)c(SCCC)c1CCN. The molecule has 1 aromatic rings. The van der Waals surface area contributed by atoms with Crippen LogP contribution in [-0.4, -0.2) is 37.7 Å². The van der Waals surface area contributed by atoms with E-state index in [2.05, 4.69) is 13.8 Å². The van der Waals surface area contributed by atoms with E-state index in [0.29, 0.717) is 18.7 Å². The van der Waals surface area contributed by atoms with Crippen molar-refractivity contribution >= 4 is 29.5 Å². The Kier molecular flexibility index (Phi) is 10.5. The van der Waals surface area contributed by atoms with Gasteiger partial charge in [-0.25, -0.2) is 4.79 Å². The number of benzene rings is 1. The van der Waals surface area contributed by atoms with Gasteiger partial charge in [0.1, 0.15) is 0 Å². The number of methoxy groups -OCH3 is 1. The molecule has 1 rings (SSSR count). The molecule has 0 aliphatic rings. The van der Waals surface area contributed by atoms with Crippen LogP contribution in [0.25, 0.3) is 0 Å². The number of hydrogen-bond acceptors (Lipinski definition) is 6. The average molecular weight is 371 g/mol. The standard InChI is InChI=1S/C18H30N2O2S2/c1-4-10-23-16-13(6-8-19)12-15(18(21)22-3)17(24-11-5-2)14(16)7-9-20/h12H,4-11,19-20H2,1-3H3. The van der Waals surface area contributed by atoms with Crippen molar-refractivity contribution in [2.24, 2.45) is 11.5 Å². The van der Waals surface area contributed by atoms with Crippen molar-refractivity contribution in [2.75, 3.05) is 31.7 Å². The lowest BCUT2D eigenvalue weighted by molar-refractivity contribution is 0.0596. The molecule has 6 heteroatoms. The quantitative estimate of drug-likeness (QED) is 0.459. The second-order valence-electron chi connectivity index (χ2n) is 5.49. The van der Waals surface area contributed by atoms with Gasteiger partial charge in [0, 0.05) is 9.79 Å². The van der Waals surface area contributed by atoms with Crippen LogP contribution in [0.2, 0.25) is 0 Å². The Bertz CT molecular complexity index is 536. The summed E-state index contributed by atoms with van der Waals surface area (Å²) in [5.74, 6) is 1.73. The molecule has 0 aliphatic heterocycles. The molecule has 0 amide bonds. The van der Waals surface area contributed by atoms with Crippen LogP contribution in [0.3, 0.4) is 0 Å².